The molecular formula is C17H14ClN3O. The Balaban J connectivity index is 1.79. The van der Waals surface area contributed by atoms with Crippen LogP contribution in [-0.4, -0.2) is 11.9 Å². The number of benzene rings is 2. The number of anilines is 1. The fourth-order valence-corrected chi connectivity index (χ4v) is 2.14. The van der Waals surface area contributed by atoms with Crippen LogP contribution in [0.2, 0.25) is 5.02 Å². The third-order valence-corrected chi connectivity index (χ3v) is 3.44. The Labute approximate surface area is 133 Å². The van der Waals surface area contributed by atoms with Crippen molar-refractivity contribution in [1.82, 2.24) is 5.32 Å². The van der Waals surface area contributed by atoms with Crippen LogP contribution in [-0.2, 0) is 4.79 Å². The summed E-state index contributed by atoms with van der Waals surface area (Å²) in [6.07, 6.45) is 1.72. The number of hydrogen-bond acceptors (Lipinski definition) is 3. The Kier molecular flexibility index (Phi) is 3.94. The molecule has 1 heterocycles. The summed E-state index contributed by atoms with van der Waals surface area (Å²) in [7, 11) is 0. The first-order chi connectivity index (χ1) is 10.6. The molecule has 1 aliphatic heterocycles. The van der Waals surface area contributed by atoms with E-state index in [2.05, 4.69) is 15.6 Å². The largest absolute Gasteiger partial charge is 0.326 e. The quantitative estimate of drug-likeness (QED) is 0.833. The molecule has 3 rings (SSSR count). The molecule has 0 unspecified atom stereocenters. The highest BCUT2D eigenvalue weighted by Crippen LogP contribution is 2.16. The number of rotatable bonds is 2. The van der Waals surface area contributed by atoms with Gasteiger partial charge < -0.3 is 5.32 Å². The van der Waals surface area contributed by atoms with Gasteiger partial charge in [-0.25, -0.2) is 4.99 Å². The van der Waals surface area contributed by atoms with E-state index >= 15 is 0 Å². The van der Waals surface area contributed by atoms with E-state index in [0.717, 1.165) is 11.3 Å². The van der Waals surface area contributed by atoms with Crippen molar-refractivity contribution in [2.24, 2.45) is 4.99 Å². The minimum atomic E-state index is -0.232. The van der Waals surface area contributed by atoms with Gasteiger partial charge in [0, 0.05) is 10.7 Å². The van der Waals surface area contributed by atoms with Crippen LogP contribution in [0.4, 0.5) is 5.69 Å². The van der Waals surface area contributed by atoms with Crippen molar-refractivity contribution in [3.63, 3.8) is 0 Å². The van der Waals surface area contributed by atoms with Crippen LogP contribution < -0.4 is 10.6 Å². The summed E-state index contributed by atoms with van der Waals surface area (Å²) in [5.74, 6) is 0.193. The van der Waals surface area contributed by atoms with Gasteiger partial charge in [-0.15, -0.1) is 0 Å². The highest BCUT2D eigenvalue weighted by Gasteiger charge is 2.19. The number of nitrogens with one attached hydrogen (secondary N) is 2. The van der Waals surface area contributed by atoms with Crippen LogP contribution in [0.15, 0.2) is 59.2 Å². The maximum atomic E-state index is 11.9. The molecule has 2 aromatic rings. The maximum Gasteiger partial charge on any atom is 0.276 e. The van der Waals surface area contributed by atoms with Gasteiger partial charge in [0.15, 0.2) is 0 Å². The van der Waals surface area contributed by atoms with E-state index in [4.69, 9.17) is 11.6 Å². The first kappa shape index (κ1) is 14.4. The van der Waals surface area contributed by atoms with E-state index in [1.165, 1.54) is 5.56 Å². The maximum absolute atomic E-state index is 11.9. The van der Waals surface area contributed by atoms with Crippen LogP contribution >= 0.6 is 11.6 Å². The van der Waals surface area contributed by atoms with Gasteiger partial charge in [0.25, 0.3) is 5.91 Å². The second kappa shape index (κ2) is 6.03. The second-order valence-corrected chi connectivity index (χ2v) is 5.42. The SMILES string of the molecule is Cc1ccc(NC2=N/C(=C\c3ccc(Cl)cc3)C(=O)N2)cc1. The summed E-state index contributed by atoms with van der Waals surface area (Å²) in [6, 6.07) is 15.1. The summed E-state index contributed by atoms with van der Waals surface area (Å²) in [5.41, 5.74) is 3.27. The molecule has 0 saturated carbocycles. The Morgan fingerprint density at radius 3 is 2.45 bits per heavy atom. The standard InChI is InChI=1S/C17H14ClN3O/c1-11-2-8-14(9-3-11)19-17-20-15(16(22)21-17)10-12-4-6-13(18)7-5-12/h2-10H,1H3,(H2,19,20,21,22)/b15-10-. The van der Waals surface area contributed by atoms with Crippen LogP contribution in [0.1, 0.15) is 11.1 Å². The zero-order chi connectivity index (χ0) is 15.5. The van der Waals surface area contributed by atoms with Gasteiger partial charge in [-0.2, -0.15) is 0 Å². The van der Waals surface area contributed by atoms with Crippen molar-refractivity contribution < 1.29 is 4.79 Å². The summed E-state index contributed by atoms with van der Waals surface area (Å²) in [6.45, 7) is 2.02. The van der Waals surface area contributed by atoms with E-state index in [9.17, 15) is 4.79 Å². The topological polar surface area (TPSA) is 53.5 Å². The van der Waals surface area contributed by atoms with Gasteiger partial charge in [0.2, 0.25) is 5.96 Å². The van der Waals surface area contributed by atoms with E-state index in [1.807, 2.05) is 43.3 Å². The van der Waals surface area contributed by atoms with Gasteiger partial charge >= 0.3 is 0 Å². The molecule has 2 N–H and O–H groups in total. The lowest BCUT2D eigenvalue weighted by atomic mass is 10.2. The number of aliphatic imine (C=N–C) groups is 1. The highest BCUT2D eigenvalue weighted by molar-refractivity contribution is 6.30. The Morgan fingerprint density at radius 1 is 1.09 bits per heavy atom. The summed E-state index contributed by atoms with van der Waals surface area (Å²) in [5, 5.41) is 6.44. The van der Waals surface area contributed by atoms with Crippen molar-refractivity contribution in [2.45, 2.75) is 6.92 Å². The molecule has 0 radical (unpaired) electrons. The first-order valence-electron chi connectivity index (χ1n) is 6.81. The molecule has 22 heavy (non-hydrogen) atoms. The Hall–Kier alpha value is -2.59. The molecule has 1 aliphatic rings. The predicted molar refractivity (Wildman–Crippen MR) is 89.8 cm³/mol. The van der Waals surface area contributed by atoms with E-state index in [-0.39, 0.29) is 5.91 Å². The lowest BCUT2D eigenvalue weighted by Gasteiger charge is -2.04. The van der Waals surface area contributed by atoms with Crippen LogP contribution in [0.3, 0.4) is 0 Å². The molecule has 1 amide bonds. The molecule has 0 aliphatic carbocycles. The molecule has 0 aromatic heterocycles. The normalized spacial score (nSPS) is 15.6. The van der Waals surface area contributed by atoms with Gasteiger partial charge in [0.05, 0.1) is 0 Å². The van der Waals surface area contributed by atoms with Crippen molar-refractivity contribution >= 4 is 35.2 Å². The summed E-state index contributed by atoms with van der Waals surface area (Å²) < 4.78 is 0. The molecule has 110 valence electrons. The number of halogens is 1. The second-order valence-electron chi connectivity index (χ2n) is 4.99. The highest BCUT2D eigenvalue weighted by atomic mass is 35.5. The zero-order valence-corrected chi connectivity index (χ0v) is 12.7. The average molecular weight is 312 g/mol. The molecule has 0 bridgehead atoms. The zero-order valence-electron chi connectivity index (χ0n) is 11.9. The Bertz CT molecular complexity index is 761. The first-order valence-corrected chi connectivity index (χ1v) is 7.19. The monoisotopic (exact) mass is 311 g/mol. The predicted octanol–water partition coefficient (Wildman–Crippen LogP) is 3.59. The summed E-state index contributed by atoms with van der Waals surface area (Å²) >= 11 is 5.84. The number of guanidine groups is 1. The minimum Gasteiger partial charge on any atom is -0.326 e. The number of carbonyl (C=O) groups excluding carboxylic acids is 1. The van der Waals surface area contributed by atoms with Gasteiger partial charge in [0.1, 0.15) is 5.70 Å². The van der Waals surface area contributed by atoms with Gasteiger partial charge in [-0.05, 0) is 42.8 Å². The van der Waals surface area contributed by atoms with Crippen LogP contribution in [0, 0.1) is 6.92 Å². The van der Waals surface area contributed by atoms with Crippen molar-refractivity contribution in [2.75, 3.05) is 5.32 Å². The van der Waals surface area contributed by atoms with E-state index < -0.39 is 0 Å². The molecular weight excluding hydrogens is 298 g/mol. The van der Waals surface area contributed by atoms with E-state index in [0.29, 0.717) is 16.7 Å². The fraction of sp³-hybridized carbons (Fsp3) is 0.0588. The van der Waals surface area contributed by atoms with E-state index in [1.54, 1.807) is 18.2 Å². The van der Waals surface area contributed by atoms with Crippen molar-refractivity contribution in [1.29, 1.82) is 0 Å². The minimum absolute atomic E-state index is 0.232. The van der Waals surface area contributed by atoms with Crippen LogP contribution in [0.25, 0.3) is 6.08 Å². The fourth-order valence-electron chi connectivity index (χ4n) is 2.02. The third-order valence-electron chi connectivity index (χ3n) is 3.18. The molecule has 5 heteroatoms. The number of carbonyl (C=O) groups is 1. The van der Waals surface area contributed by atoms with Crippen molar-refractivity contribution in [3.05, 3.63) is 70.4 Å². The third kappa shape index (κ3) is 3.35. The van der Waals surface area contributed by atoms with Crippen molar-refractivity contribution in [3.8, 4) is 0 Å². The number of aryl methyl sites for hydroxylation is 1. The number of amides is 1. The number of nitrogens with zero attached hydrogens (tertiary/aromatic N) is 1. The number of hydrogen-bond donors (Lipinski definition) is 2. The molecule has 0 fully saturated rings. The molecule has 0 spiro atoms. The Morgan fingerprint density at radius 2 is 1.77 bits per heavy atom. The van der Waals surface area contributed by atoms with Crippen LogP contribution in [0.5, 0.6) is 0 Å². The lowest BCUT2D eigenvalue weighted by molar-refractivity contribution is -0.115. The summed E-state index contributed by atoms with van der Waals surface area (Å²) in [4.78, 5) is 16.2. The molecule has 0 atom stereocenters. The lowest BCUT2D eigenvalue weighted by Crippen LogP contribution is -2.29. The van der Waals surface area contributed by atoms with Gasteiger partial charge in [-0.1, -0.05) is 41.4 Å². The molecule has 4 nitrogen and oxygen atoms in total. The molecule has 0 saturated heterocycles. The smallest absolute Gasteiger partial charge is 0.276 e. The average Bonchev–Trinajstić information content (AvgIpc) is 2.84. The van der Waals surface area contributed by atoms with Gasteiger partial charge in [-0.3, -0.25) is 10.1 Å². The molecule has 2 aromatic carbocycles.